The van der Waals surface area contributed by atoms with Crippen molar-refractivity contribution in [3.63, 3.8) is 0 Å². The second kappa shape index (κ2) is 10.1. The van der Waals surface area contributed by atoms with Crippen molar-refractivity contribution in [2.45, 2.75) is 10.9 Å². The summed E-state index contributed by atoms with van der Waals surface area (Å²) in [6, 6.07) is 15.7. The number of benzene rings is 2. The van der Waals surface area contributed by atoms with Crippen LogP contribution in [0.1, 0.15) is 5.56 Å². The van der Waals surface area contributed by atoms with Gasteiger partial charge < -0.3 is 10.1 Å². The Hall–Kier alpha value is -2.62. The van der Waals surface area contributed by atoms with E-state index in [1.54, 1.807) is 24.3 Å². The molecule has 28 heavy (non-hydrogen) atoms. The lowest BCUT2D eigenvalue weighted by Crippen LogP contribution is -2.19. The minimum Gasteiger partial charge on any atom is -0.460 e. The number of hydrogen-bond acceptors (Lipinski definition) is 7. The fourth-order valence-corrected chi connectivity index (χ4v) is 3.68. The Morgan fingerprint density at radius 3 is 2.54 bits per heavy atom. The van der Waals surface area contributed by atoms with E-state index >= 15 is 0 Å². The van der Waals surface area contributed by atoms with Crippen molar-refractivity contribution in [1.29, 1.82) is 0 Å². The Morgan fingerprint density at radius 1 is 1.04 bits per heavy atom. The molecule has 0 aliphatic rings. The predicted molar refractivity (Wildman–Crippen MR) is 111 cm³/mol. The quantitative estimate of drug-likeness (QED) is 0.319. The average Bonchev–Trinajstić information content (AvgIpc) is 3.14. The summed E-state index contributed by atoms with van der Waals surface area (Å²) in [7, 11) is 0. The van der Waals surface area contributed by atoms with E-state index in [2.05, 4.69) is 20.8 Å². The van der Waals surface area contributed by atoms with Gasteiger partial charge in [-0.25, -0.2) is 4.79 Å². The number of urea groups is 1. The lowest BCUT2D eigenvalue weighted by Gasteiger charge is -2.04. The average molecular weight is 435 g/mol. The van der Waals surface area contributed by atoms with E-state index in [9.17, 15) is 9.59 Å². The molecule has 10 heteroatoms. The van der Waals surface area contributed by atoms with E-state index in [1.165, 1.54) is 23.1 Å². The number of amides is 2. The zero-order valence-corrected chi connectivity index (χ0v) is 16.8. The van der Waals surface area contributed by atoms with Crippen molar-refractivity contribution in [3.05, 3.63) is 65.2 Å². The van der Waals surface area contributed by atoms with Gasteiger partial charge in [0.1, 0.15) is 6.61 Å². The van der Waals surface area contributed by atoms with Gasteiger partial charge in [-0.1, -0.05) is 65.0 Å². The van der Waals surface area contributed by atoms with E-state index in [0.717, 1.165) is 5.56 Å². The highest BCUT2D eigenvalue weighted by molar-refractivity contribution is 8.01. The molecule has 0 unspecified atom stereocenters. The van der Waals surface area contributed by atoms with Gasteiger partial charge in [-0.15, -0.1) is 10.2 Å². The maximum Gasteiger partial charge on any atom is 0.325 e. The van der Waals surface area contributed by atoms with Gasteiger partial charge in [0, 0.05) is 10.7 Å². The second-order valence-corrected chi connectivity index (χ2v) is 8.03. The summed E-state index contributed by atoms with van der Waals surface area (Å²) >= 11 is 8.18. The first-order chi connectivity index (χ1) is 13.6. The number of hydrogen-bond donors (Lipinski definition) is 2. The van der Waals surface area contributed by atoms with Crippen LogP contribution in [0, 0.1) is 0 Å². The Labute approximate surface area is 174 Å². The first-order valence-corrected chi connectivity index (χ1v) is 10.3. The largest absolute Gasteiger partial charge is 0.460 e. The molecule has 3 aromatic rings. The van der Waals surface area contributed by atoms with Gasteiger partial charge in [0.15, 0.2) is 4.34 Å². The Morgan fingerprint density at radius 2 is 1.79 bits per heavy atom. The number of halogens is 1. The molecule has 2 N–H and O–H groups in total. The van der Waals surface area contributed by atoms with Crippen LogP contribution >= 0.6 is 34.7 Å². The fourth-order valence-electron chi connectivity index (χ4n) is 2.01. The monoisotopic (exact) mass is 434 g/mol. The van der Waals surface area contributed by atoms with Crippen LogP contribution in [0.2, 0.25) is 5.02 Å². The third kappa shape index (κ3) is 6.52. The molecule has 144 valence electrons. The second-order valence-electron chi connectivity index (χ2n) is 5.39. The van der Waals surface area contributed by atoms with Crippen molar-refractivity contribution < 1.29 is 14.3 Å². The molecule has 0 saturated carbocycles. The number of aromatic nitrogens is 2. The molecule has 0 radical (unpaired) electrons. The number of esters is 1. The van der Waals surface area contributed by atoms with E-state index in [0.29, 0.717) is 20.2 Å². The molecule has 0 atom stereocenters. The summed E-state index contributed by atoms with van der Waals surface area (Å²) in [6.07, 6.45) is 0. The summed E-state index contributed by atoms with van der Waals surface area (Å²) < 4.78 is 5.76. The molecular weight excluding hydrogens is 420 g/mol. The molecule has 1 heterocycles. The Kier molecular flexibility index (Phi) is 7.24. The first kappa shape index (κ1) is 20.1. The zero-order chi connectivity index (χ0) is 19.8. The number of anilines is 2. The van der Waals surface area contributed by atoms with Gasteiger partial charge in [0.2, 0.25) is 5.13 Å². The molecule has 0 aliphatic carbocycles. The van der Waals surface area contributed by atoms with Crippen LogP contribution in [0.15, 0.2) is 58.9 Å². The fraction of sp³-hybridized carbons (Fsp3) is 0.111. The van der Waals surface area contributed by atoms with E-state index in [4.69, 9.17) is 16.3 Å². The minimum absolute atomic E-state index is 0.110. The van der Waals surface area contributed by atoms with Crippen molar-refractivity contribution in [1.82, 2.24) is 10.2 Å². The molecule has 0 saturated heterocycles. The molecule has 2 amide bonds. The number of rotatable bonds is 7. The van der Waals surface area contributed by atoms with E-state index < -0.39 is 6.03 Å². The molecule has 3 rings (SSSR count). The van der Waals surface area contributed by atoms with Crippen molar-refractivity contribution >= 4 is 57.5 Å². The summed E-state index contributed by atoms with van der Waals surface area (Å²) in [5.74, 6) is -0.239. The minimum atomic E-state index is -0.447. The number of carbonyl (C=O) groups is 2. The van der Waals surface area contributed by atoms with Crippen molar-refractivity contribution in [2.75, 3.05) is 16.4 Å². The van der Waals surface area contributed by atoms with Crippen LogP contribution < -0.4 is 10.6 Å². The smallest absolute Gasteiger partial charge is 0.325 e. The highest BCUT2D eigenvalue weighted by atomic mass is 35.5. The molecule has 2 aromatic carbocycles. The van der Waals surface area contributed by atoms with Gasteiger partial charge in [-0.05, 0) is 29.8 Å². The highest BCUT2D eigenvalue weighted by Crippen LogP contribution is 2.25. The summed E-state index contributed by atoms with van der Waals surface area (Å²) in [5.41, 5.74) is 1.53. The maximum absolute atomic E-state index is 12.0. The van der Waals surface area contributed by atoms with E-state index in [1.807, 2.05) is 30.3 Å². The maximum atomic E-state index is 12.0. The summed E-state index contributed by atoms with van der Waals surface area (Å²) in [5, 5.41) is 14.0. The van der Waals surface area contributed by atoms with Crippen molar-refractivity contribution in [3.8, 4) is 0 Å². The van der Waals surface area contributed by atoms with Gasteiger partial charge in [0.25, 0.3) is 0 Å². The van der Waals surface area contributed by atoms with Crippen LogP contribution in [-0.2, 0) is 16.1 Å². The Balaban J connectivity index is 1.41. The van der Waals surface area contributed by atoms with Crippen LogP contribution in [0.3, 0.4) is 0 Å². The standard InChI is InChI=1S/C18H15ClN4O3S2/c19-13-6-8-14(9-7-13)20-16(25)21-17-22-23-18(28-17)27-11-15(24)26-10-12-4-2-1-3-5-12/h1-9H,10-11H2,(H2,20,21,22,25). The van der Waals surface area contributed by atoms with Crippen LogP contribution in [0.4, 0.5) is 15.6 Å². The van der Waals surface area contributed by atoms with Gasteiger partial charge in [-0.3, -0.25) is 10.1 Å². The van der Waals surface area contributed by atoms with Gasteiger partial charge >= 0.3 is 12.0 Å². The van der Waals surface area contributed by atoms with Crippen molar-refractivity contribution in [2.24, 2.45) is 0 Å². The summed E-state index contributed by atoms with van der Waals surface area (Å²) in [4.78, 5) is 23.8. The third-order valence-electron chi connectivity index (χ3n) is 3.29. The lowest BCUT2D eigenvalue weighted by molar-refractivity contribution is -0.141. The SMILES string of the molecule is O=C(Nc1ccc(Cl)cc1)Nc1nnc(SCC(=O)OCc2ccccc2)s1. The molecule has 0 spiro atoms. The number of carbonyl (C=O) groups excluding carboxylic acids is 2. The highest BCUT2D eigenvalue weighted by Gasteiger charge is 2.11. The number of ether oxygens (including phenoxy) is 1. The molecule has 1 aromatic heterocycles. The van der Waals surface area contributed by atoms with Gasteiger partial charge in [-0.2, -0.15) is 0 Å². The molecule has 0 aliphatic heterocycles. The first-order valence-electron chi connectivity index (χ1n) is 8.08. The lowest BCUT2D eigenvalue weighted by atomic mass is 10.2. The van der Waals surface area contributed by atoms with Crippen LogP contribution in [0.5, 0.6) is 0 Å². The zero-order valence-electron chi connectivity index (χ0n) is 14.4. The van der Waals surface area contributed by atoms with Crippen LogP contribution in [-0.4, -0.2) is 28.0 Å². The molecular formula is C18H15ClN4O3S2. The molecule has 0 fully saturated rings. The molecule has 7 nitrogen and oxygen atoms in total. The van der Waals surface area contributed by atoms with Gasteiger partial charge in [0.05, 0.1) is 5.75 Å². The number of nitrogens with zero attached hydrogens (tertiary/aromatic N) is 2. The Bertz CT molecular complexity index is 936. The summed E-state index contributed by atoms with van der Waals surface area (Å²) in [6.45, 7) is 0.230. The van der Waals surface area contributed by atoms with Crippen LogP contribution in [0.25, 0.3) is 0 Å². The van der Waals surface area contributed by atoms with E-state index in [-0.39, 0.29) is 18.3 Å². The number of thioether (sulfide) groups is 1. The normalized spacial score (nSPS) is 10.3. The molecule has 0 bridgehead atoms. The predicted octanol–water partition coefficient (Wildman–Crippen LogP) is 4.67. The topological polar surface area (TPSA) is 93.2 Å². The third-order valence-corrected chi connectivity index (χ3v) is 5.48. The number of nitrogens with one attached hydrogen (secondary N) is 2.